The summed E-state index contributed by atoms with van der Waals surface area (Å²) in [7, 11) is 0. The molecule has 3 N–H and O–H groups in total. The van der Waals surface area contributed by atoms with Gasteiger partial charge in [-0.3, -0.25) is 4.79 Å². The number of nitrogens with two attached hydrogens (primary N) is 1. The molecule has 1 aliphatic rings. The Morgan fingerprint density at radius 2 is 2.17 bits per heavy atom. The predicted octanol–water partition coefficient (Wildman–Crippen LogP) is 1.99. The third kappa shape index (κ3) is 2.70. The van der Waals surface area contributed by atoms with Crippen molar-refractivity contribution in [2.45, 2.75) is 32.2 Å². The maximum atomic E-state index is 13.3. The molecule has 0 aliphatic heterocycles. The third-order valence-electron chi connectivity index (χ3n) is 3.61. The number of hydrogen-bond donors (Lipinski definition) is 2. The van der Waals surface area contributed by atoms with Crippen LogP contribution in [0.3, 0.4) is 0 Å². The van der Waals surface area contributed by atoms with E-state index in [1.165, 1.54) is 12.1 Å². The topological polar surface area (TPSA) is 55.1 Å². The van der Waals surface area contributed by atoms with Crippen LogP contribution in [0.15, 0.2) is 18.2 Å². The third-order valence-corrected chi connectivity index (χ3v) is 3.61. The van der Waals surface area contributed by atoms with Gasteiger partial charge in [-0.2, -0.15) is 0 Å². The summed E-state index contributed by atoms with van der Waals surface area (Å²) in [5.41, 5.74) is 6.46. The molecule has 1 atom stereocenters. The molecule has 1 unspecified atom stereocenters. The molecular weight excluding hydrogens is 231 g/mol. The molecule has 0 aromatic heterocycles. The van der Waals surface area contributed by atoms with E-state index in [1.54, 1.807) is 13.0 Å². The number of halogens is 1. The number of benzene rings is 1. The number of amides is 1. The molecule has 98 valence electrons. The summed E-state index contributed by atoms with van der Waals surface area (Å²) in [4.78, 5) is 12.1. The number of hydrogen-bond acceptors (Lipinski definition) is 2. The monoisotopic (exact) mass is 250 g/mol. The van der Waals surface area contributed by atoms with E-state index >= 15 is 0 Å². The van der Waals surface area contributed by atoms with Crippen molar-refractivity contribution >= 4 is 5.91 Å². The predicted molar refractivity (Wildman–Crippen MR) is 68.8 cm³/mol. The zero-order chi connectivity index (χ0) is 13.3. The average Bonchev–Trinajstić information content (AvgIpc) is 3.11. The summed E-state index contributed by atoms with van der Waals surface area (Å²) in [5, 5.41) is 2.95. The molecule has 4 heteroatoms. The van der Waals surface area contributed by atoms with Gasteiger partial charge in [0.1, 0.15) is 5.82 Å². The summed E-state index contributed by atoms with van der Waals surface area (Å²) in [6.45, 7) is 4.12. The Hall–Kier alpha value is -1.42. The maximum Gasteiger partial charge on any atom is 0.251 e. The van der Waals surface area contributed by atoms with Gasteiger partial charge in [0.05, 0.1) is 5.54 Å². The normalized spacial score (nSPS) is 18.2. The van der Waals surface area contributed by atoms with Crippen molar-refractivity contribution in [3.8, 4) is 0 Å². The van der Waals surface area contributed by atoms with Gasteiger partial charge in [0.25, 0.3) is 5.91 Å². The van der Waals surface area contributed by atoms with Crippen molar-refractivity contribution in [3.63, 3.8) is 0 Å². The minimum Gasteiger partial charge on any atom is -0.345 e. The van der Waals surface area contributed by atoms with Gasteiger partial charge in [0.2, 0.25) is 0 Å². The number of nitrogens with one attached hydrogen (secondary N) is 1. The Morgan fingerprint density at radius 3 is 2.67 bits per heavy atom. The van der Waals surface area contributed by atoms with Crippen LogP contribution in [0, 0.1) is 18.7 Å². The molecule has 1 aliphatic carbocycles. The van der Waals surface area contributed by atoms with Crippen LogP contribution in [-0.2, 0) is 0 Å². The highest BCUT2D eigenvalue weighted by molar-refractivity contribution is 5.95. The second kappa shape index (κ2) is 4.69. The molecule has 1 saturated carbocycles. The fourth-order valence-corrected chi connectivity index (χ4v) is 2.24. The first kappa shape index (κ1) is 13.0. The van der Waals surface area contributed by atoms with E-state index < -0.39 is 0 Å². The summed E-state index contributed by atoms with van der Waals surface area (Å²) in [5.74, 6) is -0.195. The minimum absolute atomic E-state index is 0.252. The van der Waals surface area contributed by atoms with Gasteiger partial charge >= 0.3 is 0 Å². The number of carbonyl (C=O) groups excluding carboxylic acids is 1. The summed E-state index contributed by atoms with van der Waals surface area (Å²) in [6, 6.07) is 4.34. The lowest BCUT2D eigenvalue weighted by atomic mass is 9.95. The lowest BCUT2D eigenvalue weighted by Gasteiger charge is -2.29. The van der Waals surface area contributed by atoms with Crippen LogP contribution in [0.5, 0.6) is 0 Å². The van der Waals surface area contributed by atoms with Crippen LogP contribution in [0.25, 0.3) is 0 Å². The molecule has 1 amide bonds. The van der Waals surface area contributed by atoms with Crippen molar-refractivity contribution in [2.24, 2.45) is 11.7 Å². The van der Waals surface area contributed by atoms with Gasteiger partial charge in [-0.05, 0) is 56.4 Å². The van der Waals surface area contributed by atoms with Gasteiger partial charge in [-0.1, -0.05) is 0 Å². The Balaban J connectivity index is 2.16. The van der Waals surface area contributed by atoms with Crippen LogP contribution in [0.2, 0.25) is 0 Å². The van der Waals surface area contributed by atoms with Crippen LogP contribution in [-0.4, -0.2) is 18.0 Å². The van der Waals surface area contributed by atoms with Gasteiger partial charge in [-0.15, -0.1) is 0 Å². The van der Waals surface area contributed by atoms with Crippen LogP contribution >= 0.6 is 0 Å². The summed E-state index contributed by atoms with van der Waals surface area (Å²) >= 11 is 0. The molecule has 0 bridgehead atoms. The van der Waals surface area contributed by atoms with Crippen molar-refractivity contribution in [1.82, 2.24) is 5.32 Å². The smallest absolute Gasteiger partial charge is 0.251 e. The zero-order valence-corrected chi connectivity index (χ0v) is 10.8. The lowest BCUT2D eigenvalue weighted by molar-refractivity contribution is 0.0897. The molecule has 18 heavy (non-hydrogen) atoms. The van der Waals surface area contributed by atoms with Gasteiger partial charge < -0.3 is 11.1 Å². The van der Waals surface area contributed by atoms with Crippen molar-refractivity contribution in [3.05, 3.63) is 35.1 Å². The highest BCUT2D eigenvalue weighted by Crippen LogP contribution is 2.39. The molecule has 1 aromatic rings. The Bertz CT molecular complexity index is 451. The van der Waals surface area contributed by atoms with Crippen LogP contribution in [0.1, 0.15) is 35.7 Å². The van der Waals surface area contributed by atoms with Crippen LogP contribution < -0.4 is 11.1 Å². The van der Waals surface area contributed by atoms with E-state index in [-0.39, 0.29) is 17.3 Å². The van der Waals surface area contributed by atoms with E-state index in [2.05, 4.69) is 5.32 Å². The quantitative estimate of drug-likeness (QED) is 0.858. The highest BCUT2D eigenvalue weighted by atomic mass is 19.1. The van der Waals surface area contributed by atoms with Crippen LogP contribution in [0.4, 0.5) is 4.39 Å². The van der Waals surface area contributed by atoms with E-state index in [0.717, 1.165) is 18.4 Å². The Kier molecular flexibility index (Phi) is 3.39. The van der Waals surface area contributed by atoms with Gasteiger partial charge in [-0.25, -0.2) is 4.39 Å². The fourth-order valence-electron chi connectivity index (χ4n) is 2.24. The number of aryl methyl sites for hydroxylation is 1. The SMILES string of the molecule is Cc1cc(F)cc(C(=O)NC(C)(CN)C2CC2)c1. The molecular formula is C14H19FN2O. The van der Waals surface area contributed by atoms with Crippen molar-refractivity contribution < 1.29 is 9.18 Å². The zero-order valence-electron chi connectivity index (χ0n) is 10.8. The first-order valence-corrected chi connectivity index (χ1v) is 6.24. The van der Waals surface area contributed by atoms with Gasteiger partial charge in [0, 0.05) is 12.1 Å². The van der Waals surface area contributed by atoms with E-state index in [4.69, 9.17) is 5.73 Å². The maximum absolute atomic E-state index is 13.3. The van der Waals surface area contributed by atoms with Crippen molar-refractivity contribution in [2.75, 3.05) is 6.54 Å². The number of carbonyl (C=O) groups is 1. The molecule has 0 heterocycles. The molecule has 0 spiro atoms. The molecule has 1 fully saturated rings. The van der Waals surface area contributed by atoms with Gasteiger partial charge in [0.15, 0.2) is 0 Å². The van der Waals surface area contributed by atoms with E-state index in [1.807, 2.05) is 6.92 Å². The first-order chi connectivity index (χ1) is 8.44. The Morgan fingerprint density at radius 1 is 1.50 bits per heavy atom. The Labute approximate surface area is 107 Å². The van der Waals surface area contributed by atoms with E-state index in [9.17, 15) is 9.18 Å². The largest absolute Gasteiger partial charge is 0.345 e. The standard InChI is InChI=1S/C14H19FN2O/c1-9-5-10(7-12(15)6-9)13(18)17-14(2,8-16)11-3-4-11/h5-7,11H,3-4,8,16H2,1-2H3,(H,17,18). The summed E-state index contributed by atoms with van der Waals surface area (Å²) in [6.07, 6.45) is 2.19. The molecule has 1 aromatic carbocycles. The number of rotatable bonds is 4. The summed E-state index contributed by atoms with van der Waals surface area (Å²) < 4.78 is 13.3. The highest BCUT2D eigenvalue weighted by Gasteiger charge is 2.41. The molecule has 0 radical (unpaired) electrons. The van der Waals surface area contributed by atoms with E-state index in [0.29, 0.717) is 18.0 Å². The second-order valence-corrected chi connectivity index (χ2v) is 5.37. The average molecular weight is 250 g/mol. The minimum atomic E-state index is -0.388. The molecule has 0 saturated heterocycles. The fraction of sp³-hybridized carbons (Fsp3) is 0.500. The molecule has 2 rings (SSSR count). The second-order valence-electron chi connectivity index (χ2n) is 5.37. The first-order valence-electron chi connectivity index (χ1n) is 6.24. The van der Waals surface area contributed by atoms with Crippen molar-refractivity contribution in [1.29, 1.82) is 0 Å². The lowest BCUT2D eigenvalue weighted by Crippen LogP contribution is -2.53. The molecule has 3 nitrogen and oxygen atoms in total.